The number of nitrogen functional groups attached to an aromatic ring is 1. The van der Waals surface area contributed by atoms with Gasteiger partial charge in [-0.25, -0.2) is 18.4 Å². The molecule has 1 atom stereocenters. The summed E-state index contributed by atoms with van der Waals surface area (Å²) in [6, 6.07) is 7.57. The summed E-state index contributed by atoms with van der Waals surface area (Å²) in [6.07, 6.45) is 2.41. The standard InChI is InChI=1S/C16H20N4O2S/c1-2-8-20(12-7-9-23(21,22)11-12)10-15-18-14-6-4-3-5-13(14)16(17)19-15/h2-6,12H,1,7-11H2,(H2,17,18,19). The van der Waals surface area contributed by atoms with E-state index in [0.29, 0.717) is 31.2 Å². The Kier molecular flexibility index (Phi) is 4.32. The molecule has 0 radical (unpaired) electrons. The fraction of sp³-hybridized carbons (Fsp3) is 0.375. The van der Waals surface area contributed by atoms with Gasteiger partial charge in [0.25, 0.3) is 0 Å². The lowest BCUT2D eigenvalue weighted by atomic mass is 10.2. The van der Waals surface area contributed by atoms with Gasteiger partial charge in [-0.05, 0) is 18.6 Å². The minimum atomic E-state index is -2.94. The van der Waals surface area contributed by atoms with Crippen molar-refractivity contribution in [3.05, 3.63) is 42.7 Å². The molecule has 0 amide bonds. The number of fused-ring (bicyclic) bond motifs is 1. The number of nitrogens with zero attached hydrogens (tertiary/aromatic N) is 3. The molecular formula is C16H20N4O2S. The topological polar surface area (TPSA) is 89.2 Å². The number of hydrogen-bond donors (Lipinski definition) is 1. The van der Waals surface area contributed by atoms with E-state index >= 15 is 0 Å². The predicted molar refractivity (Wildman–Crippen MR) is 91.6 cm³/mol. The summed E-state index contributed by atoms with van der Waals surface area (Å²) in [5.41, 5.74) is 6.82. The molecule has 1 aromatic carbocycles. The number of benzene rings is 1. The van der Waals surface area contributed by atoms with E-state index in [4.69, 9.17) is 5.73 Å². The predicted octanol–water partition coefficient (Wildman–Crippen LogP) is 1.39. The third-order valence-electron chi connectivity index (χ3n) is 4.11. The van der Waals surface area contributed by atoms with Gasteiger partial charge in [0, 0.05) is 18.0 Å². The Balaban J connectivity index is 1.87. The van der Waals surface area contributed by atoms with E-state index in [0.717, 1.165) is 10.9 Å². The van der Waals surface area contributed by atoms with Crippen molar-refractivity contribution in [2.45, 2.75) is 19.0 Å². The number of aromatic nitrogens is 2. The van der Waals surface area contributed by atoms with Crippen LogP contribution in [0.15, 0.2) is 36.9 Å². The Morgan fingerprint density at radius 3 is 2.83 bits per heavy atom. The van der Waals surface area contributed by atoms with E-state index in [1.807, 2.05) is 24.3 Å². The second kappa shape index (κ2) is 6.25. The Labute approximate surface area is 136 Å². The van der Waals surface area contributed by atoms with E-state index in [1.165, 1.54) is 0 Å². The summed E-state index contributed by atoms with van der Waals surface area (Å²) in [5, 5.41) is 0.829. The smallest absolute Gasteiger partial charge is 0.151 e. The van der Waals surface area contributed by atoms with Crippen LogP contribution < -0.4 is 5.73 Å². The average Bonchev–Trinajstić information content (AvgIpc) is 2.87. The monoisotopic (exact) mass is 332 g/mol. The molecule has 2 aromatic rings. The van der Waals surface area contributed by atoms with E-state index < -0.39 is 9.84 Å². The molecule has 3 rings (SSSR count). The molecule has 1 aliphatic rings. The highest BCUT2D eigenvalue weighted by molar-refractivity contribution is 7.91. The maximum absolute atomic E-state index is 11.7. The van der Waals surface area contributed by atoms with E-state index in [1.54, 1.807) is 6.08 Å². The van der Waals surface area contributed by atoms with Crippen molar-refractivity contribution >= 4 is 26.6 Å². The van der Waals surface area contributed by atoms with Gasteiger partial charge < -0.3 is 5.73 Å². The molecule has 1 saturated heterocycles. The third-order valence-corrected chi connectivity index (χ3v) is 5.86. The van der Waals surface area contributed by atoms with Crippen LogP contribution in [0.5, 0.6) is 0 Å². The molecule has 7 heteroatoms. The fourth-order valence-electron chi connectivity index (χ4n) is 2.98. The van der Waals surface area contributed by atoms with Gasteiger partial charge in [0.15, 0.2) is 9.84 Å². The molecule has 2 heterocycles. The molecule has 2 N–H and O–H groups in total. The van der Waals surface area contributed by atoms with Crippen LogP contribution in [-0.2, 0) is 16.4 Å². The zero-order valence-electron chi connectivity index (χ0n) is 12.9. The van der Waals surface area contributed by atoms with Crippen molar-refractivity contribution in [1.29, 1.82) is 0 Å². The van der Waals surface area contributed by atoms with Crippen LogP contribution in [0.1, 0.15) is 12.2 Å². The summed E-state index contributed by atoms with van der Waals surface area (Å²) < 4.78 is 23.5. The highest BCUT2D eigenvalue weighted by Crippen LogP contribution is 2.21. The van der Waals surface area contributed by atoms with Gasteiger partial charge >= 0.3 is 0 Å². The Bertz CT molecular complexity index is 835. The number of nitrogens with two attached hydrogens (primary N) is 1. The molecule has 122 valence electrons. The van der Waals surface area contributed by atoms with Crippen LogP contribution in [0.4, 0.5) is 5.82 Å². The maximum atomic E-state index is 11.7. The van der Waals surface area contributed by atoms with Gasteiger partial charge in [0.1, 0.15) is 11.6 Å². The van der Waals surface area contributed by atoms with Crippen LogP contribution in [0, 0.1) is 0 Å². The maximum Gasteiger partial charge on any atom is 0.151 e. The largest absolute Gasteiger partial charge is 0.383 e. The molecular weight excluding hydrogens is 312 g/mol. The third kappa shape index (κ3) is 3.51. The average molecular weight is 332 g/mol. The zero-order chi connectivity index (χ0) is 16.4. The molecule has 0 aliphatic carbocycles. The van der Waals surface area contributed by atoms with Gasteiger partial charge in [-0.1, -0.05) is 18.2 Å². The fourth-order valence-corrected chi connectivity index (χ4v) is 4.74. The number of hydrogen-bond acceptors (Lipinski definition) is 6. The number of sulfone groups is 1. The lowest BCUT2D eigenvalue weighted by molar-refractivity contribution is 0.221. The second-order valence-electron chi connectivity index (χ2n) is 5.82. The van der Waals surface area contributed by atoms with Crippen molar-refractivity contribution in [3.63, 3.8) is 0 Å². The van der Waals surface area contributed by atoms with Crippen molar-refractivity contribution in [3.8, 4) is 0 Å². The Morgan fingerprint density at radius 1 is 1.35 bits per heavy atom. The molecule has 1 fully saturated rings. The van der Waals surface area contributed by atoms with Gasteiger partial charge in [0.05, 0.1) is 23.6 Å². The number of anilines is 1. The minimum Gasteiger partial charge on any atom is -0.383 e. The first kappa shape index (κ1) is 15.9. The second-order valence-corrected chi connectivity index (χ2v) is 8.05. The van der Waals surface area contributed by atoms with Crippen LogP contribution in [0.3, 0.4) is 0 Å². The summed E-state index contributed by atoms with van der Waals surface area (Å²) in [6.45, 7) is 4.81. The molecule has 1 unspecified atom stereocenters. The molecule has 0 saturated carbocycles. The molecule has 23 heavy (non-hydrogen) atoms. The Hall–Kier alpha value is -1.99. The highest BCUT2D eigenvalue weighted by Gasteiger charge is 2.32. The number of rotatable bonds is 5. The van der Waals surface area contributed by atoms with Gasteiger partial charge in [-0.3, -0.25) is 4.90 Å². The van der Waals surface area contributed by atoms with E-state index in [9.17, 15) is 8.42 Å². The quantitative estimate of drug-likeness (QED) is 0.832. The molecule has 1 aliphatic heterocycles. The highest BCUT2D eigenvalue weighted by atomic mass is 32.2. The van der Waals surface area contributed by atoms with Crippen LogP contribution in [0.25, 0.3) is 10.9 Å². The molecule has 6 nitrogen and oxygen atoms in total. The van der Waals surface area contributed by atoms with Crippen molar-refractivity contribution in [1.82, 2.24) is 14.9 Å². The normalized spacial score (nSPS) is 20.1. The summed E-state index contributed by atoms with van der Waals surface area (Å²) >= 11 is 0. The number of para-hydroxylation sites is 1. The van der Waals surface area contributed by atoms with Crippen molar-refractivity contribution < 1.29 is 8.42 Å². The van der Waals surface area contributed by atoms with Gasteiger partial charge in [-0.15, -0.1) is 6.58 Å². The Morgan fingerprint density at radius 2 is 2.13 bits per heavy atom. The molecule has 1 aromatic heterocycles. The molecule has 0 spiro atoms. The van der Waals surface area contributed by atoms with E-state index in [-0.39, 0.29) is 17.5 Å². The van der Waals surface area contributed by atoms with Crippen molar-refractivity contribution in [2.24, 2.45) is 0 Å². The molecule has 0 bridgehead atoms. The van der Waals surface area contributed by atoms with Gasteiger partial charge in [-0.2, -0.15) is 0 Å². The zero-order valence-corrected chi connectivity index (χ0v) is 13.7. The summed E-state index contributed by atoms with van der Waals surface area (Å²) in [4.78, 5) is 11.0. The first-order chi connectivity index (χ1) is 11.0. The SMILES string of the molecule is C=CCN(Cc1nc(N)c2ccccc2n1)C1CCS(=O)(=O)C1. The first-order valence-electron chi connectivity index (χ1n) is 7.55. The lowest BCUT2D eigenvalue weighted by Gasteiger charge is -2.26. The lowest BCUT2D eigenvalue weighted by Crippen LogP contribution is -2.36. The minimum absolute atomic E-state index is 0.0192. The first-order valence-corrected chi connectivity index (χ1v) is 9.37. The van der Waals surface area contributed by atoms with Crippen LogP contribution in [0.2, 0.25) is 0 Å². The summed E-state index contributed by atoms with van der Waals surface area (Å²) in [7, 11) is -2.94. The van der Waals surface area contributed by atoms with E-state index in [2.05, 4.69) is 21.4 Å². The van der Waals surface area contributed by atoms with Gasteiger partial charge in [0.2, 0.25) is 0 Å². The van der Waals surface area contributed by atoms with Crippen LogP contribution >= 0.6 is 0 Å². The summed E-state index contributed by atoms with van der Waals surface area (Å²) in [5.74, 6) is 1.48. The van der Waals surface area contributed by atoms with Crippen LogP contribution in [-0.4, -0.2) is 47.4 Å². The van der Waals surface area contributed by atoms with Crippen molar-refractivity contribution in [2.75, 3.05) is 23.8 Å².